The topological polar surface area (TPSA) is 20.3 Å². The first-order valence-corrected chi connectivity index (χ1v) is 6.64. The molecule has 0 aromatic heterocycles. The monoisotopic (exact) mass is 249 g/mol. The zero-order chi connectivity index (χ0) is 13.3. The highest BCUT2D eigenvalue weighted by Gasteiger charge is 2.34. The molecule has 2 unspecified atom stereocenters. The Balaban J connectivity index is 2.33. The van der Waals surface area contributed by atoms with E-state index in [1.165, 1.54) is 0 Å². The maximum atomic E-state index is 14.0. The smallest absolute Gasteiger partial charge is 0.257 e. The third-order valence-corrected chi connectivity index (χ3v) is 3.91. The van der Waals surface area contributed by atoms with Gasteiger partial charge in [0.25, 0.3) is 5.91 Å². The Morgan fingerprint density at radius 2 is 2.17 bits per heavy atom. The molecular formula is C15H20FNO. The van der Waals surface area contributed by atoms with E-state index in [1.807, 2.05) is 11.8 Å². The van der Waals surface area contributed by atoms with Crippen LogP contribution in [0.5, 0.6) is 0 Å². The molecule has 0 radical (unpaired) electrons. The molecule has 0 bridgehead atoms. The van der Waals surface area contributed by atoms with Crippen molar-refractivity contribution in [3.8, 4) is 0 Å². The van der Waals surface area contributed by atoms with Crippen LogP contribution in [0.15, 0.2) is 18.2 Å². The molecule has 0 saturated carbocycles. The molecule has 2 nitrogen and oxygen atoms in total. The lowest BCUT2D eigenvalue weighted by Crippen LogP contribution is -2.40. The summed E-state index contributed by atoms with van der Waals surface area (Å²) >= 11 is 0. The van der Waals surface area contributed by atoms with E-state index in [-0.39, 0.29) is 29.4 Å². The van der Waals surface area contributed by atoms with Gasteiger partial charge in [0.1, 0.15) is 5.82 Å². The number of nitrogens with zero attached hydrogens (tertiary/aromatic N) is 1. The average molecular weight is 249 g/mol. The Morgan fingerprint density at radius 1 is 1.44 bits per heavy atom. The number of carbonyl (C=O) groups is 1. The number of carbonyl (C=O) groups excluding carboxylic acids is 1. The van der Waals surface area contributed by atoms with Crippen LogP contribution in [0.1, 0.15) is 49.0 Å². The quantitative estimate of drug-likeness (QED) is 0.785. The second kappa shape index (κ2) is 5.09. The molecule has 1 aromatic carbocycles. The van der Waals surface area contributed by atoms with E-state index in [0.29, 0.717) is 5.56 Å². The van der Waals surface area contributed by atoms with Gasteiger partial charge in [-0.2, -0.15) is 0 Å². The molecule has 1 saturated heterocycles. The molecule has 98 valence electrons. The molecule has 1 aliphatic heterocycles. The molecule has 0 aliphatic carbocycles. The van der Waals surface area contributed by atoms with Crippen molar-refractivity contribution in [2.75, 3.05) is 0 Å². The Labute approximate surface area is 108 Å². The summed E-state index contributed by atoms with van der Waals surface area (Å²) in [4.78, 5) is 14.3. The SMILES string of the molecule is CCC1CCC(C)N1C(=O)c1cccc(C)c1F. The van der Waals surface area contributed by atoms with Gasteiger partial charge in [-0.15, -0.1) is 0 Å². The van der Waals surface area contributed by atoms with Crippen LogP contribution >= 0.6 is 0 Å². The highest BCUT2D eigenvalue weighted by Crippen LogP contribution is 2.28. The fourth-order valence-electron chi connectivity index (χ4n) is 2.79. The van der Waals surface area contributed by atoms with Crippen LogP contribution in [-0.4, -0.2) is 22.9 Å². The molecule has 1 aromatic rings. The Kier molecular flexibility index (Phi) is 3.69. The summed E-state index contributed by atoms with van der Waals surface area (Å²) < 4.78 is 14.0. The van der Waals surface area contributed by atoms with Crippen molar-refractivity contribution in [1.82, 2.24) is 4.90 Å². The number of halogens is 1. The summed E-state index contributed by atoms with van der Waals surface area (Å²) in [6.45, 7) is 5.81. The Bertz CT molecular complexity index is 458. The minimum atomic E-state index is -0.378. The highest BCUT2D eigenvalue weighted by atomic mass is 19.1. The second-order valence-corrected chi connectivity index (χ2v) is 5.14. The highest BCUT2D eigenvalue weighted by molar-refractivity contribution is 5.95. The molecule has 1 fully saturated rings. The normalized spacial score (nSPS) is 23.4. The van der Waals surface area contributed by atoms with Gasteiger partial charge in [-0.25, -0.2) is 4.39 Å². The van der Waals surface area contributed by atoms with Gasteiger partial charge in [0.2, 0.25) is 0 Å². The average Bonchev–Trinajstić information content (AvgIpc) is 2.73. The van der Waals surface area contributed by atoms with E-state index >= 15 is 0 Å². The molecule has 1 heterocycles. The van der Waals surface area contributed by atoms with Gasteiger partial charge < -0.3 is 4.90 Å². The zero-order valence-electron chi connectivity index (χ0n) is 11.2. The molecule has 0 N–H and O–H groups in total. The van der Waals surface area contributed by atoms with Gasteiger partial charge in [-0.05, 0) is 44.7 Å². The van der Waals surface area contributed by atoms with Gasteiger partial charge in [0.15, 0.2) is 0 Å². The molecule has 0 spiro atoms. The summed E-state index contributed by atoms with van der Waals surface area (Å²) in [7, 11) is 0. The molecule has 3 heteroatoms. The number of hydrogen-bond acceptors (Lipinski definition) is 1. The molecule has 2 rings (SSSR count). The van der Waals surface area contributed by atoms with E-state index in [0.717, 1.165) is 19.3 Å². The number of rotatable bonds is 2. The fraction of sp³-hybridized carbons (Fsp3) is 0.533. The second-order valence-electron chi connectivity index (χ2n) is 5.14. The standard InChI is InChI=1S/C15H20FNO/c1-4-12-9-8-11(3)17(12)15(18)13-7-5-6-10(2)14(13)16/h5-7,11-12H,4,8-9H2,1-3H3. The molecule has 1 aliphatic rings. The maximum absolute atomic E-state index is 14.0. The van der Waals surface area contributed by atoms with E-state index < -0.39 is 0 Å². The van der Waals surface area contributed by atoms with Crippen LogP contribution < -0.4 is 0 Å². The van der Waals surface area contributed by atoms with Crippen LogP contribution in [0.25, 0.3) is 0 Å². The predicted molar refractivity (Wildman–Crippen MR) is 70.1 cm³/mol. The van der Waals surface area contributed by atoms with Crippen LogP contribution in [0.3, 0.4) is 0 Å². The zero-order valence-corrected chi connectivity index (χ0v) is 11.2. The number of hydrogen-bond donors (Lipinski definition) is 0. The van der Waals surface area contributed by atoms with Crippen molar-refractivity contribution < 1.29 is 9.18 Å². The van der Waals surface area contributed by atoms with Crippen LogP contribution in [0, 0.1) is 12.7 Å². The Hall–Kier alpha value is -1.38. The van der Waals surface area contributed by atoms with E-state index in [1.54, 1.807) is 25.1 Å². The first-order chi connectivity index (χ1) is 8.56. The number of aryl methyl sites for hydroxylation is 1. The van der Waals surface area contributed by atoms with Crippen LogP contribution in [0.2, 0.25) is 0 Å². The van der Waals surface area contributed by atoms with Crippen molar-refractivity contribution in [1.29, 1.82) is 0 Å². The lowest BCUT2D eigenvalue weighted by Gasteiger charge is -2.28. The van der Waals surface area contributed by atoms with Crippen LogP contribution in [-0.2, 0) is 0 Å². The number of likely N-dealkylation sites (tertiary alicyclic amines) is 1. The summed E-state index contributed by atoms with van der Waals surface area (Å²) in [6.07, 6.45) is 2.97. The Morgan fingerprint density at radius 3 is 2.83 bits per heavy atom. The number of benzene rings is 1. The van der Waals surface area contributed by atoms with Gasteiger partial charge in [0.05, 0.1) is 5.56 Å². The number of amides is 1. The molecular weight excluding hydrogens is 229 g/mol. The van der Waals surface area contributed by atoms with Crippen molar-refractivity contribution in [3.05, 3.63) is 35.1 Å². The molecule has 1 amide bonds. The summed E-state index contributed by atoms with van der Waals surface area (Å²) in [5.74, 6) is -0.537. The maximum Gasteiger partial charge on any atom is 0.257 e. The van der Waals surface area contributed by atoms with Crippen LogP contribution in [0.4, 0.5) is 4.39 Å². The predicted octanol–water partition coefficient (Wildman–Crippen LogP) is 3.54. The third-order valence-electron chi connectivity index (χ3n) is 3.91. The van der Waals surface area contributed by atoms with Gasteiger partial charge in [-0.3, -0.25) is 4.79 Å². The third kappa shape index (κ3) is 2.14. The minimum absolute atomic E-state index is 0.159. The minimum Gasteiger partial charge on any atom is -0.333 e. The lowest BCUT2D eigenvalue weighted by molar-refractivity contribution is 0.0671. The fourth-order valence-corrected chi connectivity index (χ4v) is 2.79. The van der Waals surface area contributed by atoms with Gasteiger partial charge in [0, 0.05) is 12.1 Å². The van der Waals surface area contributed by atoms with Gasteiger partial charge in [-0.1, -0.05) is 19.1 Å². The summed E-state index contributed by atoms with van der Waals surface area (Å²) in [5, 5.41) is 0. The first kappa shape index (κ1) is 13.1. The van der Waals surface area contributed by atoms with Crippen molar-refractivity contribution >= 4 is 5.91 Å². The van der Waals surface area contributed by atoms with Crippen molar-refractivity contribution in [2.24, 2.45) is 0 Å². The first-order valence-electron chi connectivity index (χ1n) is 6.64. The van der Waals surface area contributed by atoms with Crippen molar-refractivity contribution in [2.45, 2.75) is 52.1 Å². The molecule has 2 atom stereocenters. The van der Waals surface area contributed by atoms with E-state index in [9.17, 15) is 9.18 Å². The van der Waals surface area contributed by atoms with Crippen molar-refractivity contribution in [3.63, 3.8) is 0 Å². The largest absolute Gasteiger partial charge is 0.333 e. The summed E-state index contributed by atoms with van der Waals surface area (Å²) in [6, 6.07) is 5.49. The summed E-state index contributed by atoms with van der Waals surface area (Å²) in [5.41, 5.74) is 0.739. The molecule has 18 heavy (non-hydrogen) atoms. The lowest BCUT2D eigenvalue weighted by atomic mass is 10.1. The van der Waals surface area contributed by atoms with Gasteiger partial charge >= 0.3 is 0 Å². The van der Waals surface area contributed by atoms with E-state index in [2.05, 4.69) is 6.92 Å². The van der Waals surface area contributed by atoms with E-state index in [4.69, 9.17) is 0 Å².